The highest BCUT2D eigenvalue weighted by Crippen LogP contribution is 2.35. The van der Waals surface area contributed by atoms with Crippen LogP contribution in [0.2, 0.25) is 0 Å². The van der Waals surface area contributed by atoms with Crippen molar-refractivity contribution in [2.45, 2.75) is 25.9 Å². The molecule has 1 aliphatic rings. The number of benzene rings is 1. The van der Waals surface area contributed by atoms with Gasteiger partial charge in [-0.1, -0.05) is 17.5 Å². The Labute approximate surface area is 154 Å². The lowest BCUT2D eigenvalue weighted by Crippen LogP contribution is -2.26. The van der Waals surface area contributed by atoms with E-state index < -0.39 is 28.4 Å². The first-order chi connectivity index (χ1) is 12.3. The Morgan fingerprint density at radius 2 is 2.04 bits per heavy atom. The summed E-state index contributed by atoms with van der Waals surface area (Å²) in [4.78, 5) is 22.8. The number of nitro groups is 1. The molecule has 0 aliphatic carbocycles. The van der Waals surface area contributed by atoms with Gasteiger partial charge in [0.15, 0.2) is 11.9 Å². The summed E-state index contributed by atoms with van der Waals surface area (Å²) < 4.78 is 19.9. The van der Waals surface area contributed by atoms with Gasteiger partial charge in [-0.3, -0.25) is 14.9 Å². The second kappa shape index (κ2) is 8.54. The van der Waals surface area contributed by atoms with Gasteiger partial charge in [-0.05, 0) is 25.8 Å². The van der Waals surface area contributed by atoms with Crippen molar-refractivity contribution in [2.75, 3.05) is 13.1 Å². The monoisotopic (exact) mass is 381 g/mol. The van der Waals surface area contributed by atoms with Crippen LogP contribution in [-0.4, -0.2) is 30.0 Å². The smallest absolute Gasteiger partial charge is 0.313 e. The largest absolute Gasteiger partial charge is 0.471 e. The van der Waals surface area contributed by atoms with E-state index in [1.165, 1.54) is 6.92 Å². The Morgan fingerprint density at radius 1 is 1.38 bits per heavy atom. The predicted octanol–water partition coefficient (Wildman–Crippen LogP) is 2.54. The molecule has 7 nitrogen and oxygen atoms in total. The normalized spacial score (nSPS) is 19.1. The van der Waals surface area contributed by atoms with Crippen molar-refractivity contribution in [3.05, 3.63) is 38.8 Å². The lowest BCUT2D eigenvalue weighted by Gasteiger charge is -2.15. The first-order valence-corrected chi connectivity index (χ1v) is 8.26. The fraction of sp³-hybridized carbons (Fsp3) is 0.353. The molecule has 1 heterocycles. The Morgan fingerprint density at radius 3 is 2.65 bits per heavy atom. The predicted molar refractivity (Wildman–Crippen MR) is 95.0 cm³/mol. The number of nitro benzene ring substituents is 1. The Kier molecular flexibility index (Phi) is 6.41. The molecule has 1 unspecified atom stereocenters. The van der Waals surface area contributed by atoms with Crippen LogP contribution in [0, 0.1) is 28.3 Å². The fourth-order valence-corrected chi connectivity index (χ4v) is 2.65. The molecule has 0 saturated carbocycles. The van der Waals surface area contributed by atoms with E-state index in [2.05, 4.69) is 16.6 Å². The van der Waals surface area contributed by atoms with E-state index in [-0.39, 0.29) is 22.0 Å². The Balaban J connectivity index is 2.61. The van der Waals surface area contributed by atoms with E-state index in [4.69, 9.17) is 22.8 Å². The van der Waals surface area contributed by atoms with Gasteiger partial charge < -0.3 is 15.4 Å². The van der Waals surface area contributed by atoms with E-state index in [9.17, 15) is 19.3 Å². The summed E-state index contributed by atoms with van der Waals surface area (Å²) in [7, 11) is 0. The third-order valence-corrected chi connectivity index (χ3v) is 3.99. The van der Waals surface area contributed by atoms with Gasteiger partial charge in [0, 0.05) is 18.7 Å². The number of terminal acetylenes is 1. The van der Waals surface area contributed by atoms with Crippen molar-refractivity contribution in [2.24, 2.45) is 0 Å². The number of carbonyl (C=O) groups is 1. The summed E-state index contributed by atoms with van der Waals surface area (Å²) >= 11 is 6.16. The van der Waals surface area contributed by atoms with Crippen molar-refractivity contribution in [3.8, 4) is 18.1 Å². The van der Waals surface area contributed by atoms with Crippen LogP contribution in [0.1, 0.15) is 25.3 Å². The number of nitrogens with one attached hydrogen (secondary N) is 2. The molecular weight excluding hydrogens is 365 g/mol. The van der Waals surface area contributed by atoms with Crippen molar-refractivity contribution >= 4 is 28.8 Å². The standard InChI is InChI=1S/C17H17ClFN3O4/c1-3-10(2)26-14-8-11(12(19)9-13(14)22(24)25)15-16(18)20-6-4-5-7-21-17(15)23/h1,8-10,20H,4-7H2,2H3,(H,21,23)/b16-15-. The van der Waals surface area contributed by atoms with Crippen LogP contribution in [0.5, 0.6) is 5.75 Å². The van der Waals surface area contributed by atoms with Gasteiger partial charge in [-0.2, -0.15) is 0 Å². The molecule has 9 heteroatoms. The maximum absolute atomic E-state index is 14.6. The molecule has 1 amide bonds. The number of rotatable bonds is 4. The maximum atomic E-state index is 14.6. The maximum Gasteiger partial charge on any atom is 0.313 e. The van der Waals surface area contributed by atoms with Crippen LogP contribution >= 0.6 is 11.6 Å². The van der Waals surface area contributed by atoms with E-state index in [1.54, 1.807) is 0 Å². The van der Waals surface area contributed by atoms with Gasteiger partial charge in [-0.25, -0.2) is 4.39 Å². The molecule has 1 aromatic carbocycles. The van der Waals surface area contributed by atoms with Crippen molar-refractivity contribution in [1.29, 1.82) is 0 Å². The van der Waals surface area contributed by atoms with E-state index in [0.29, 0.717) is 19.2 Å². The minimum atomic E-state index is -0.971. The van der Waals surface area contributed by atoms with Crippen molar-refractivity contribution < 1.29 is 18.8 Å². The SMILES string of the molecule is C#CC(C)Oc1cc(/C2=C(\Cl)NCCCCNC2=O)c(F)cc1[N+](=O)[O-]. The highest BCUT2D eigenvalue weighted by Gasteiger charge is 2.27. The third-order valence-electron chi connectivity index (χ3n) is 3.67. The van der Waals surface area contributed by atoms with Crippen molar-refractivity contribution in [3.63, 3.8) is 0 Å². The highest BCUT2D eigenvalue weighted by molar-refractivity contribution is 6.39. The summed E-state index contributed by atoms with van der Waals surface area (Å²) in [6.07, 6.45) is 5.94. The second-order valence-corrected chi connectivity index (χ2v) is 5.94. The molecule has 1 aliphatic heterocycles. The molecule has 1 aromatic rings. The molecule has 2 rings (SSSR count). The van der Waals surface area contributed by atoms with E-state index in [0.717, 1.165) is 18.9 Å². The topological polar surface area (TPSA) is 93.5 Å². The summed E-state index contributed by atoms with van der Waals surface area (Å²) in [5.74, 6) is 0.460. The van der Waals surface area contributed by atoms with Crippen LogP contribution in [0.4, 0.5) is 10.1 Å². The molecule has 0 fully saturated rings. The summed E-state index contributed by atoms with van der Waals surface area (Å²) in [5.41, 5.74) is -0.965. The number of ether oxygens (including phenoxy) is 1. The summed E-state index contributed by atoms with van der Waals surface area (Å²) in [5, 5.41) is 16.6. The lowest BCUT2D eigenvalue weighted by molar-refractivity contribution is -0.386. The lowest BCUT2D eigenvalue weighted by atomic mass is 10.0. The summed E-state index contributed by atoms with van der Waals surface area (Å²) in [6.45, 7) is 2.41. The highest BCUT2D eigenvalue weighted by atomic mass is 35.5. The van der Waals surface area contributed by atoms with Crippen LogP contribution in [0.3, 0.4) is 0 Å². The number of amides is 1. The van der Waals surface area contributed by atoms with Gasteiger partial charge in [0.05, 0.1) is 16.6 Å². The van der Waals surface area contributed by atoms with E-state index in [1.807, 2.05) is 0 Å². The Bertz CT molecular complexity index is 804. The van der Waals surface area contributed by atoms with Crippen molar-refractivity contribution in [1.82, 2.24) is 10.6 Å². The quantitative estimate of drug-likeness (QED) is 0.362. The third kappa shape index (κ3) is 4.43. The zero-order valence-electron chi connectivity index (χ0n) is 14.0. The minimum absolute atomic E-state index is 0.0481. The number of carbonyl (C=O) groups excluding carboxylic acids is 1. The van der Waals surface area contributed by atoms with E-state index >= 15 is 0 Å². The molecule has 26 heavy (non-hydrogen) atoms. The molecule has 2 N–H and O–H groups in total. The number of halogens is 2. The molecule has 0 radical (unpaired) electrons. The average Bonchev–Trinajstić information content (AvgIpc) is 2.67. The zero-order chi connectivity index (χ0) is 19.3. The van der Waals surface area contributed by atoms with Crippen LogP contribution in [0.15, 0.2) is 17.3 Å². The second-order valence-electron chi connectivity index (χ2n) is 5.56. The number of nitrogens with zero attached hydrogens (tertiary/aromatic N) is 1. The molecule has 0 saturated heterocycles. The van der Waals surface area contributed by atoms with Gasteiger partial charge in [0.25, 0.3) is 5.91 Å². The summed E-state index contributed by atoms with van der Waals surface area (Å²) in [6, 6.07) is 1.75. The molecule has 0 spiro atoms. The van der Waals surface area contributed by atoms with Gasteiger partial charge >= 0.3 is 5.69 Å². The van der Waals surface area contributed by atoms with Crippen LogP contribution < -0.4 is 15.4 Å². The van der Waals surface area contributed by atoms with Crippen LogP contribution in [0.25, 0.3) is 5.57 Å². The van der Waals surface area contributed by atoms with Gasteiger partial charge in [0.2, 0.25) is 0 Å². The molecule has 0 aromatic heterocycles. The molecule has 1 atom stereocenters. The molecular formula is C17H17ClFN3O4. The average molecular weight is 382 g/mol. The first-order valence-electron chi connectivity index (χ1n) is 7.88. The fourth-order valence-electron chi connectivity index (χ4n) is 2.36. The number of hydrogen-bond acceptors (Lipinski definition) is 5. The minimum Gasteiger partial charge on any atom is -0.471 e. The first kappa shape index (κ1) is 19.5. The zero-order valence-corrected chi connectivity index (χ0v) is 14.7. The van der Waals surface area contributed by atoms with Crippen LogP contribution in [-0.2, 0) is 4.79 Å². The van der Waals surface area contributed by atoms with Gasteiger partial charge in [0.1, 0.15) is 11.0 Å². The molecule has 0 bridgehead atoms. The molecule has 138 valence electrons. The Hall–Kier alpha value is -2.79. The van der Waals surface area contributed by atoms with Gasteiger partial charge in [-0.15, -0.1) is 6.42 Å². The number of hydrogen-bond donors (Lipinski definition) is 2.